The van der Waals surface area contributed by atoms with Crippen LogP contribution in [0, 0.1) is 0 Å². The quantitative estimate of drug-likeness (QED) is 0.493. The Hall–Kier alpha value is -1.00. The second-order valence-corrected chi connectivity index (χ2v) is 2.15. The molecule has 0 saturated carbocycles. The molecule has 2 nitrogen and oxygen atoms in total. The van der Waals surface area contributed by atoms with Crippen LogP contribution < -0.4 is 0 Å². The van der Waals surface area contributed by atoms with E-state index in [2.05, 4.69) is 11.3 Å². The van der Waals surface area contributed by atoms with E-state index in [0.717, 1.165) is 0 Å². The molecule has 0 rings (SSSR count). The van der Waals surface area contributed by atoms with Crippen LogP contribution in [0.3, 0.4) is 0 Å². The number of ether oxygens (including phenoxy) is 1. The highest BCUT2D eigenvalue weighted by Gasteiger charge is 2.29. The van der Waals surface area contributed by atoms with E-state index in [-0.39, 0.29) is 12.0 Å². The Labute approximate surface area is 68.0 Å². The number of halogens is 3. The number of carbonyl (C=O) groups excluding carboxylic acids is 1. The molecule has 0 aromatic rings. The highest BCUT2D eigenvalue weighted by Crippen LogP contribution is 2.15. The second-order valence-electron chi connectivity index (χ2n) is 2.15. The summed E-state index contributed by atoms with van der Waals surface area (Å²) in [5.41, 5.74) is 0.0410. The van der Waals surface area contributed by atoms with Gasteiger partial charge < -0.3 is 4.74 Å². The number of hydrogen-bond donors (Lipinski definition) is 0. The lowest BCUT2D eigenvalue weighted by atomic mass is 10.2. The number of rotatable bonds is 3. The minimum Gasteiger partial charge on any atom is -0.453 e. The summed E-state index contributed by atoms with van der Waals surface area (Å²) >= 11 is 0. The summed E-state index contributed by atoms with van der Waals surface area (Å²) in [6.07, 6.45) is -4.18. The van der Waals surface area contributed by atoms with E-state index >= 15 is 0 Å². The average Bonchev–Trinajstić information content (AvgIpc) is 1.97. The zero-order valence-electron chi connectivity index (χ0n) is 6.57. The SMILES string of the molecule is C=C(CC)C(=O)OCC(F)(F)F. The molecular formula is C7H9F3O2. The van der Waals surface area contributed by atoms with Crippen LogP contribution in [-0.4, -0.2) is 18.8 Å². The van der Waals surface area contributed by atoms with E-state index in [4.69, 9.17) is 0 Å². The largest absolute Gasteiger partial charge is 0.453 e. The van der Waals surface area contributed by atoms with Gasteiger partial charge in [0.2, 0.25) is 0 Å². The zero-order valence-corrected chi connectivity index (χ0v) is 6.57. The van der Waals surface area contributed by atoms with Crippen LogP contribution in [0.4, 0.5) is 13.2 Å². The van der Waals surface area contributed by atoms with E-state index in [0.29, 0.717) is 0 Å². The summed E-state index contributed by atoms with van der Waals surface area (Å²) in [4.78, 5) is 10.6. The standard InChI is InChI=1S/C7H9F3O2/c1-3-5(2)6(11)12-4-7(8,9)10/h2-4H2,1H3. The summed E-state index contributed by atoms with van der Waals surface area (Å²) in [5, 5.41) is 0. The van der Waals surface area contributed by atoms with Crippen LogP contribution in [0.15, 0.2) is 12.2 Å². The van der Waals surface area contributed by atoms with Gasteiger partial charge in [-0.1, -0.05) is 13.5 Å². The lowest BCUT2D eigenvalue weighted by Gasteiger charge is -2.07. The molecule has 0 fully saturated rings. The van der Waals surface area contributed by atoms with Gasteiger partial charge in [-0.15, -0.1) is 0 Å². The van der Waals surface area contributed by atoms with Gasteiger partial charge in [0.1, 0.15) is 0 Å². The summed E-state index contributed by atoms with van der Waals surface area (Å²) in [5.74, 6) is -0.991. The Kier molecular flexibility index (Phi) is 3.79. The summed E-state index contributed by atoms with van der Waals surface area (Å²) in [6, 6.07) is 0. The van der Waals surface area contributed by atoms with E-state index in [1.807, 2.05) is 0 Å². The van der Waals surface area contributed by atoms with Crippen molar-refractivity contribution in [3.63, 3.8) is 0 Å². The van der Waals surface area contributed by atoms with Gasteiger partial charge in [-0.05, 0) is 6.42 Å². The van der Waals surface area contributed by atoms with Crippen molar-refractivity contribution >= 4 is 5.97 Å². The van der Waals surface area contributed by atoms with Crippen molar-refractivity contribution in [1.29, 1.82) is 0 Å². The van der Waals surface area contributed by atoms with Crippen molar-refractivity contribution in [2.75, 3.05) is 6.61 Å². The number of hydrogen-bond acceptors (Lipinski definition) is 2. The molecule has 0 atom stereocenters. The molecule has 0 aromatic heterocycles. The van der Waals surface area contributed by atoms with Gasteiger partial charge in [0, 0.05) is 5.57 Å². The summed E-state index contributed by atoms with van der Waals surface area (Å²) < 4.78 is 38.3. The third-order valence-corrected chi connectivity index (χ3v) is 1.08. The molecule has 70 valence electrons. The molecule has 0 aromatic carbocycles. The molecule has 0 aliphatic heterocycles. The minimum absolute atomic E-state index is 0.0410. The minimum atomic E-state index is -4.47. The summed E-state index contributed by atoms with van der Waals surface area (Å²) in [7, 11) is 0. The number of esters is 1. The third-order valence-electron chi connectivity index (χ3n) is 1.08. The maximum Gasteiger partial charge on any atom is 0.422 e. The first-order valence-corrected chi connectivity index (χ1v) is 3.28. The van der Waals surface area contributed by atoms with Gasteiger partial charge in [-0.25, -0.2) is 4.79 Å². The highest BCUT2D eigenvalue weighted by atomic mass is 19.4. The Morgan fingerprint density at radius 1 is 1.50 bits per heavy atom. The molecule has 0 spiro atoms. The van der Waals surface area contributed by atoms with Crippen molar-refractivity contribution < 1.29 is 22.7 Å². The van der Waals surface area contributed by atoms with Gasteiger partial charge in [-0.2, -0.15) is 13.2 Å². The monoisotopic (exact) mass is 182 g/mol. The molecule has 5 heteroatoms. The molecule has 12 heavy (non-hydrogen) atoms. The molecule has 0 unspecified atom stereocenters. The number of carbonyl (C=O) groups is 1. The van der Waals surface area contributed by atoms with Crippen LogP contribution >= 0.6 is 0 Å². The van der Waals surface area contributed by atoms with Crippen molar-refractivity contribution in [3.05, 3.63) is 12.2 Å². The number of alkyl halides is 3. The molecule has 0 saturated heterocycles. The van der Waals surface area contributed by atoms with Gasteiger partial charge in [0.15, 0.2) is 6.61 Å². The van der Waals surface area contributed by atoms with E-state index < -0.39 is 18.8 Å². The maximum absolute atomic E-state index is 11.5. The van der Waals surface area contributed by atoms with E-state index in [9.17, 15) is 18.0 Å². The molecule has 0 radical (unpaired) electrons. The predicted molar refractivity (Wildman–Crippen MR) is 36.4 cm³/mol. The first-order valence-electron chi connectivity index (χ1n) is 3.28. The Morgan fingerprint density at radius 3 is 2.33 bits per heavy atom. The smallest absolute Gasteiger partial charge is 0.422 e. The Bertz CT molecular complexity index is 184. The van der Waals surface area contributed by atoms with Crippen LogP contribution in [0.25, 0.3) is 0 Å². The first kappa shape index (κ1) is 11.0. The molecule has 0 bridgehead atoms. The normalized spacial score (nSPS) is 11.0. The molecule has 0 aliphatic carbocycles. The first-order chi connectivity index (χ1) is 5.37. The van der Waals surface area contributed by atoms with E-state index in [1.165, 1.54) is 0 Å². The van der Waals surface area contributed by atoms with Crippen molar-refractivity contribution in [2.24, 2.45) is 0 Å². The molecule has 0 aliphatic rings. The molecule has 0 amide bonds. The average molecular weight is 182 g/mol. The van der Waals surface area contributed by atoms with Crippen LogP contribution in [0.5, 0.6) is 0 Å². The topological polar surface area (TPSA) is 26.3 Å². The van der Waals surface area contributed by atoms with Crippen LogP contribution in [0.2, 0.25) is 0 Å². The lowest BCUT2D eigenvalue weighted by molar-refractivity contribution is -0.183. The van der Waals surface area contributed by atoms with Gasteiger partial charge in [0.25, 0.3) is 0 Å². The Morgan fingerprint density at radius 2 is 2.00 bits per heavy atom. The van der Waals surface area contributed by atoms with Gasteiger partial charge >= 0.3 is 12.1 Å². The fourth-order valence-electron chi connectivity index (χ4n) is 0.394. The van der Waals surface area contributed by atoms with Crippen molar-refractivity contribution in [1.82, 2.24) is 0 Å². The maximum atomic E-state index is 11.5. The van der Waals surface area contributed by atoms with Crippen molar-refractivity contribution in [2.45, 2.75) is 19.5 Å². The lowest BCUT2D eigenvalue weighted by Crippen LogP contribution is -2.20. The molecular weight excluding hydrogens is 173 g/mol. The van der Waals surface area contributed by atoms with Crippen LogP contribution in [-0.2, 0) is 9.53 Å². The van der Waals surface area contributed by atoms with Gasteiger partial charge in [-0.3, -0.25) is 0 Å². The molecule has 0 N–H and O–H groups in total. The fraction of sp³-hybridized carbons (Fsp3) is 0.571. The fourth-order valence-corrected chi connectivity index (χ4v) is 0.394. The van der Waals surface area contributed by atoms with Gasteiger partial charge in [0.05, 0.1) is 0 Å². The summed E-state index contributed by atoms with van der Waals surface area (Å²) in [6.45, 7) is 3.29. The molecule has 0 heterocycles. The van der Waals surface area contributed by atoms with Crippen molar-refractivity contribution in [3.8, 4) is 0 Å². The second kappa shape index (κ2) is 4.13. The Balaban J connectivity index is 3.80. The zero-order chi connectivity index (χ0) is 9.78. The predicted octanol–water partition coefficient (Wildman–Crippen LogP) is 2.06. The van der Waals surface area contributed by atoms with E-state index in [1.54, 1.807) is 6.92 Å². The third kappa shape index (κ3) is 4.76. The highest BCUT2D eigenvalue weighted by molar-refractivity contribution is 5.87. The van der Waals surface area contributed by atoms with Crippen LogP contribution in [0.1, 0.15) is 13.3 Å².